The number of hydrogen-bond acceptors (Lipinski definition) is 4. The Balaban J connectivity index is 1.65. The minimum Gasteiger partial charge on any atom is -0.439 e. The molecule has 27 heavy (non-hydrogen) atoms. The van der Waals surface area contributed by atoms with Gasteiger partial charge in [-0.1, -0.05) is 23.7 Å². The average Bonchev–Trinajstić information content (AvgIpc) is 3.03. The maximum Gasteiger partial charge on any atom is 0.275 e. The standard InChI is InChI=1S/C18H15ClF2N2O3S/c1-22-16-8-13-6-12(7-15(19)17(13)26-16)11-2-4-14(5-3-11)27(24,25)23-9-18(20,21)10-23/h2-8,22H,9-10H2,1H3. The monoisotopic (exact) mass is 412 g/mol. The fourth-order valence-corrected chi connectivity index (χ4v) is 4.77. The summed E-state index contributed by atoms with van der Waals surface area (Å²) in [5.41, 5.74) is 2.09. The van der Waals surface area contributed by atoms with E-state index in [1.807, 2.05) is 12.1 Å². The molecule has 0 aliphatic carbocycles. The molecule has 0 amide bonds. The van der Waals surface area contributed by atoms with Gasteiger partial charge in [0.15, 0.2) is 11.5 Å². The molecule has 1 aliphatic rings. The first-order chi connectivity index (χ1) is 12.7. The summed E-state index contributed by atoms with van der Waals surface area (Å²) in [4.78, 5) is -0.0188. The number of nitrogens with one attached hydrogen (secondary N) is 1. The first-order valence-electron chi connectivity index (χ1n) is 8.09. The molecule has 9 heteroatoms. The average molecular weight is 413 g/mol. The first kappa shape index (κ1) is 18.2. The molecule has 2 aromatic carbocycles. The summed E-state index contributed by atoms with van der Waals surface area (Å²) in [5.74, 6) is -2.37. The van der Waals surface area contributed by atoms with Gasteiger partial charge in [-0.3, -0.25) is 0 Å². The molecule has 5 nitrogen and oxygen atoms in total. The van der Waals surface area contributed by atoms with Crippen molar-refractivity contribution in [1.82, 2.24) is 4.31 Å². The minimum atomic E-state index is -3.91. The third-order valence-electron chi connectivity index (χ3n) is 4.46. The predicted octanol–water partition coefficient (Wildman–Crippen LogP) is 4.43. The summed E-state index contributed by atoms with van der Waals surface area (Å²) in [6, 6.07) is 11.5. The molecule has 4 rings (SSSR count). The molecule has 1 N–H and O–H groups in total. The molecule has 3 aromatic rings. The van der Waals surface area contributed by atoms with Crippen molar-refractivity contribution in [2.75, 3.05) is 25.5 Å². The lowest BCUT2D eigenvalue weighted by atomic mass is 10.0. The van der Waals surface area contributed by atoms with Crippen LogP contribution in [0.15, 0.2) is 51.8 Å². The summed E-state index contributed by atoms with van der Waals surface area (Å²) in [5, 5.41) is 4.14. The van der Waals surface area contributed by atoms with E-state index in [2.05, 4.69) is 5.32 Å². The highest BCUT2D eigenvalue weighted by Crippen LogP contribution is 2.36. The van der Waals surface area contributed by atoms with Crippen LogP contribution in [-0.4, -0.2) is 38.8 Å². The van der Waals surface area contributed by atoms with Crippen molar-refractivity contribution in [3.8, 4) is 11.1 Å². The van der Waals surface area contributed by atoms with Crippen LogP contribution < -0.4 is 5.32 Å². The Morgan fingerprint density at radius 2 is 1.78 bits per heavy atom. The SMILES string of the molecule is CNc1cc2cc(-c3ccc(S(=O)(=O)N4CC(F)(F)C4)cc3)cc(Cl)c2o1. The van der Waals surface area contributed by atoms with Gasteiger partial charge in [0.2, 0.25) is 10.0 Å². The van der Waals surface area contributed by atoms with Gasteiger partial charge in [0.1, 0.15) is 0 Å². The lowest BCUT2D eigenvalue weighted by Crippen LogP contribution is -2.58. The van der Waals surface area contributed by atoms with E-state index in [4.69, 9.17) is 16.0 Å². The summed E-state index contributed by atoms with van der Waals surface area (Å²) in [7, 11) is -2.18. The fraction of sp³-hybridized carbons (Fsp3) is 0.222. The molecule has 0 unspecified atom stereocenters. The summed E-state index contributed by atoms with van der Waals surface area (Å²) in [6.07, 6.45) is 0. The van der Waals surface area contributed by atoms with Gasteiger partial charge in [-0.05, 0) is 35.4 Å². The largest absolute Gasteiger partial charge is 0.439 e. The molecule has 1 aromatic heterocycles. The topological polar surface area (TPSA) is 62.6 Å². The Morgan fingerprint density at radius 3 is 2.37 bits per heavy atom. The predicted molar refractivity (Wildman–Crippen MR) is 99.9 cm³/mol. The molecule has 0 radical (unpaired) electrons. The number of benzene rings is 2. The Bertz CT molecular complexity index is 1120. The molecule has 0 atom stereocenters. The summed E-state index contributed by atoms with van der Waals surface area (Å²) >= 11 is 6.29. The van der Waals surface area contributed by atoms with Crippen LogP contribution in [0, 0.1) is 0 Å². The lowest BCUT2D eigenvalue weighted by molar-refractivity contribution is -0.0945. The van der Waals surface area contributed by atoms with Crippen molar-refractivity contribution in [3.05, 3.63) is 47.5 Å². The molecule has 0 saturated carbocycles. The lowest BCUT2D eigenvalue weighted by Gasteiger charge is -2.37. The number of rotatable bonds is 4. The number of fused-ring (bicyclic) bond motifs is 1. The van der Waals surface area contributed by atoms with Crippen LogP contribution in [0.25, 0.3) is 22.1 Å². The van der Waals surface area contributed by atoms with Crippen LogP contribution in [0.1, 0.15) is 0 Å². The van der Waals surface area contributed by atoms with Crippen molar-refractivity contribution in [2.24, 2.45) is 0 Å². The highest BCUT2D eigenvalue weighted by atomic mass is 35.5. The van der Waals surface area contributed by atoms with E-state index in [9.17, 15) is 17.2 Å². The van der Waals surface area contributed by atoms with E-state index in [1.165, 1.54) is 12.1 Å². The van der Waals surface area contributed by atoms with Crippen LogP contribution >= 0.6 is 11.6 Å². The van der Waals surface area contributed by atoms with Crippen molar-refractivity contribution in [3.63, 3.8) is 0 Å². The van der Waals surface area contributed by atoms with Crippen LogP contribution in [0.5, 0.6) is 0 Å². The number of sulfonamides is 1. The second kappa shape index (κ2) is 6.19. The number of halogens is 3. The molecule has 2 heterocycles. The number of furan rings is 1. The minimum absolute atomic E-state index is 0.0188. The highest BCUT2D eigenvalue weighted by Gasteiger charge is 2.49. The van der Waals surface area contributed by atoms with Crippen LogP contribution in [0.4, 0.5) is 14.7 Å². The molecule has 1 aliphatic heterocycles. The Morgan fingerprint density at radius 1 is 1.11 bits per heavy atom. The molecule has 0 spiro atoms. The van der Waals surface area contributed by atoms with E-state index in [-0.39, 0.29) is 4.90 Å². The maximum absolute atomic E-state index is 13.0. The Labute approximate surface area is 159 Å². The molecular formula is C18H15ClF2N2O3S. The number of hydrogen-bond donors (Lipinski definition) is 1. The Hall–Kier alpha value is -2.16. The highest BCUT2D eigenvalue weighted by molar-refractivity contribution is 7.89. The van der Waals surface area contributed by atoms with E-state index < -0.39 is 29.0 Å². The van der Waals surface area contributed by atoms with Crippen molar-refractivity contribution in [2.45, 2.75) is 10.8 Å². The normalized spacial score (nSPS) is 17.0. The number of nitrogens with zero attached hydrogens (tertiary/aromatic N) is 1. The van der Waals surface area contributed by atoms with Crippen molar-refractivity contribution >= 4 is 38.5 Å². The second-order valence-corrected chi connectivity index (χ2v) is 8.74. The van der Waals surface area contributed by atoms with E-state index >= 15 is 0 Å². The van der Waals surface area contributed by atoms with Gasteiger partial charge in [0, 0.05) is 18.5 Å². The van der Waals surface area contributed by atoms with Crippen LogP contribution in [0.3, 0.4) is 0 Å². The van der Waals surface area contributed by atoms with Crippen LogP contribution in [-0.2, 0) is 10.0 Å². The fourth-order valence-electron chi connectivity index (χ4n) is 3.01. The van der Waals surface area contributed by atoms with Crippen molar-refractivity contribution < 1.29 is 21.6 Å². The van der Waals surface area contributed by atoms with Gasteiger partial charge >= 0.3 is 0 Å². The maximum atomic E-state index is 13.0. The molecule has 1 fully saturated rings. The zero-order chi connectivity index (χ0) is 19.4. The van der Waals surface area contributed by atoms with E-state index in [0.29, 0.717) is 16.5 Å². The second-order valence-electron chi connectivity index (χ2n) is 6.39. The third-order valence-corrected chi connectivity index (χ3v) is 6.54. The smallest absolute Gasteiger partial charge is 0.275 e. The number of alkyl halides is 2. The van der Waals surface area contributed by atoms with Gasteiger partial charge in [0.25, 0.3) is 5.92 Å². The van der Waals surface area contributed by atoms with Crippen molar-refractivity contribution in [1.29, 1.82) is 0 Å². The van der Waals surface area contributed by atoms with Gasteiger partial charge in [-0.2, -0.15) is 4.31 Å². The quantitative estimate of drug-likeness (QED) is 0.688. The van der Waals surface area contributed by atoms with Crippen LogP contribution in [0.2, 0.25) is 5.02 Å². The molecular weight excluding hydrogens is 398 g/mol. The summed E-state index contributed by atoms with van der Waals surface area (Å²) < 4.78 is 57.0. The summed E-state index contributed by atoms with van der Waals surface area (Å²) in [6.45, 7) is -1.56. The molecule has 0 bridgehead atoms. The third kappa shape index (κ3) is 3.18. The first-order valence-corrected chi connectivity index (χ1v) is 9.91. The van der Waals surface area contributed by atoms with Gasteiger partial charge in [-0.25, -0.2) is 17.2 Å². The van der Waals surface area contributed by atoms with Gasteiger partial charge in [-0.15, -0.1) is 0 Å². The molecule has 1 saturated heterocycles. The Kier molecular flexibility index (Phi) is 4.17. The van der Waals surface area contributed by atoms with E-state index in [1.54, 1.807) is 25.2 Å². The van der Waals surface area contributed by atoms with Gasteiger partial charge in [0.05, 0.1) is 23.0 Å². The number of anilines is 1. The zero-order valence-electron chi connectivity index (χ0n) is 14.2. The zero-order valence-corrected chi connectivity index (χ0v) is 15.7. The molecule has 142 valence electrons. The van der Waals surface area contributed by atoms with Gasteiger partial charge < -0.3 is 9.73 Å². The van der Waals surface area contributed by atoms with E-state index in [0.717, 1.165) is 20.8 Å².